The molecule has 1 amide bonds. The van der Waals surface area contributed by atoms with Gasteiger partial charge >= 0.3 is 5.97 Å². The highest BCUT2D eigenvalue weighted by Crippen LogP contribution is 2.27. The summed E-state index contributed by atoms with van der Waals surface area (Å²) in [4.78, 5) is 26.6. The number of likely N-dealkylation sites (N-methyl/N-ethyl adjacent to an activating group) is 1. The SMILES string of the molecule is CCN(C(=O)[C@@H](C)OC(=O)c1ccc(OC)c(S(=O)(=O)N(C)C)c1)[C@H]1CCS(=O)(=O)C1. The zero-order valence-corrected chi connectivity index (χ0v) is 19.8. The number of hydrogen-bond donors (Lipinski definition) is 0. The number of nitrogens with zero attached hydrogens (tertiary/aromatic N) is 2. The van der Waals surface area contributed by atoms with E-state index in [0.717, 1.165) is 10.4 Å². The van der Waals surface area contributed by atoms with E-state index >= 15 is 0 Å². The number of esters is 1. The van der Waals surface area contributed by atoms with Crippen LogP contribution in [0.15, 0.2) is 23.1 Å². The first kappa shape index (κ1) is 25.1. The van der Waals surface area contributed by atoms with E-state index in [9.17, 15) is 26.4 Å². The van der Waals surface area contributed by atoms with Crippen molar-refractivity contribution in [2.24, 2.45) is 0 Å². The lowest BCUT2D eigenvalue weighted by molar-refractivity contribution is -0.141. The number of benzene rings is 1. The van der Waals surface area contributed by atoms with Gasteiger partial charge in [-0.15, -0.1) is 0 Å². The van der Waals surface area contributed by atoms with Gasteiger partial charge in [0.05, 0.1) is 24.2 Å². The van der Waals surface area contributed by atoms with Crippen LogP contribution < -0.4 is 4.74 Å². The van der Waals surface area contributed by atoms with Crippen LogP contribution in [0.4, 0.5) is 0 Å². The molecule has 12 heteroatoms. The number of rotatable bonds is 8. The lowest BCUT2D eigenvalue weighted by Gasteiger charge is -2.29. The molecular weight excluding hydrogens is 448 g/mol. The third-order valence-electron chi connectivity index (χ3n) is 5.06. The maximum Gasteiger partial charge on any atom is 0.338 e. The second kappa shape index (κ2) is 9.53. The van der Waals surface area contributed by atoms with Crippen LogP contribution in [0.5, 0.6) is 5.75 Å². The summed E-state index contributed by atoms with van der Waals surface area (Å²) in [5.74, 6) is -1.42. The van der Waals surface area contributed by atoms with Crippen LogP contribution in [0, 0.1) is 0 Å². The molecule has 0 bridgehead atoms. The topological polar surface area (TPSA) is 127 Å². The second-order valence-corrected chi connectivity index (χ2v) is 11.7. The summed E-state index contributed by atoms with van der Waals surface area (Å²) in [5.41, 5.74) is -0.0626. The Labute approximate surface area is 183 Å². The number of sulfonamides is 1. The Hall–Kier alpha value is -2.18. The Morgan fingerprint density at radius 2 is 1.90 bits per heavy atom. The Balaban J connectivity index is 2.21. The molecule has 0 saturated carbocycles. The molecular formula is C19H28N2O8S2. The van der Waals surface area contributed by atoms with Crippen LogP contribution in [0.25, 0.3) is 0 Å². The highest BCUT2D eigenvalue weighted by molar-refractivity contribution is 7.91. The van der Waals surface area contributed by atoms with Gasteiger partial charge in [0.1, 0.15) is 10.6 Å². The van der Waals surface area contributed by atoms with Crippen molar-refractivity contribution >= 4 is 31.7 Å². The third-order valence-corrected chi connectivity index (χ3v) is 8.65. The van der Waals surface area contributed by atoms with E-state index in [1.807, 2.05) is 0 Å². The predicted molar refractivity (Wildman–Crippen MR) is 113 cm³/mol. The summed E-state index contributed by atoms with van der Waals surface area (Å²) < 4.78 is 59.9. The number of hydrogen-bond acceptors (Lipinski definition) is 8. The summed E-state index contributed by atoms with van der Waals surface area (Å²) >= 11 is 0. The fourth-order valence-corrected chi connectivity index (χ4v) is 6.14. The molecule has 2 atom stereocenters. The number of methoxy groups -OCH3 is 1. The van der Waals surface area contributed by atoms with Crippen LogP contribution in [-0.4, -0.2) is 89.3 Å². The molecule has 1 aliphatic rings. The lowest BCUT2D eigenvalue weighted by atomic mass is 10.2. The summed E-state index contributed by atoms with van der Waals surface area (Å²) in [6.07, 6.45) is -0.834. The summed E-state index contributed by atoms with van der Waals surface area (Å²) in [6, 6.07) is 3.35. The highest BCUT2D eigenvalue weighted by Gasteiger charge is 2.36. The van der Waals surface area contributed by atoms with Crippen molar-refractivity contribution in [2.45, 2.75) is 37.3 Å². The van der Waals surface area contributed by atoms with E-state index in [0.29, 0.717) is 6.42 Å². The molecule has 1 saturated heterocycles. The van der Waals surface area contributed by atoms with E-state index in [1.54, 1.807) is 6.92 Å². The number of ether oxygens (including phenoxy) is 2. The van der Waals surface area contributed by atoms with Crippen molar-refractivity contribution in [1.82, 2.24) is 9.21 Å². The molecule has 1 aromatic carbocycles. The first-order chi connectivity index (χ1) is 14.3. The van der Waals surface area contributed by atoms with Crippen LogP contribution in [0.3, 0.4) is 0 Å². The van der Waals surface area contributed by atoms with Crippen molar-refractivity contribution in [3.8, 4) is 5.75 Å². The van der Waals surface area contributed by atoms with E-state index < -0.39 is 43.9 Å². The summed E-state index contributed by atoms with van der Waals surface area (Å²) in [6.45, 7) is 3.39. The minimum Gasteiger partial charge on any atom is -0.495 e. The zero-order chi connectivity index (χ0) is 23.6. The molecule has 1 aliphatic heterocycles. The summed E-state index contributed by atoms with van der Waals surface area (Å²) in [7, 11) is -3.06. The normalized spacial score (nSPS) is 19.1. The van der Waals surface area contributed by atoms with E-state index in [2.05, 4.69) is 0 Å². The van der Waals surface area contributed by atoms with Gasteiger partial charge in [-0.25, -0.2) is 25.9 Å². The third kappa shape index (κ3) is 5.55. The van der Waals surface area contributed by atoms with Gasteiger partial charge in [0, 0.05) is 26.7 Å². The fraction of sp³-hybridized carbons (Fsp3) is 0.579. The second-order valence-electron chi connectivity index (χ2n) is 7.38. The number of carbonyl (C=O) groups is 2. The smallest absolute Gasteiger partial charge is 0.338 e. The van der Waals surface area contributed by atoms with Gasteiger partial charge < -0.3 is 14.4 Å². The number of carbonyl (C=O) groups excluding carboxylic acids is 2. The Bertz CT molecular complexity index is 1050. The molecule has 0 spiro atoms. The van der Waals surface area contributed by atoms with Crippen molar-refractivity contribution in [2.75, 3.05) is 39.3 Å². The Morgan fingerprint density at radius 3 is 2.39 bits per heavy atom. The molecule has 0 radical (unpaired) electrons. The van der Waals surface area contributed by atoms with E-state index in [4.69, 9.17) is 9.47 Å². The van der Waals surface area contributed by atoms with Crippen molar-refractivity contribution in [1.29, 1.82) is 0 Å². The maximum absolute atomic E-state index is 12.8. The molecule has 0 aromatic heterocycles. The molecule has 174 valence electrons. The van der Waals surface area contributed by atoms with Gasteiger partial charge in [0.25, 0.3) is 5.91 Å². The largest absolute Gasteiger partial charge is 0.495 e. The van der Waals surface area contributed by atoms with E-state index in [1.165, 1.54) is 45.2 Å². The van der Waals surface area contributed by atoms with Gasteiger partial charge in [0.15, 0.2) is 15.9 Å². The first-order valence-corrected chi connectivity index (χ1v) is 12.9. The van der Waals surface area contributed by atoms with E-state index in [-0.39, 0.29) is 34.3 Å². The molecule has 0 aliphatic carbocycles. The van der Waals surface area contributed by atoms with Gasteiger partial charge in [-0.2, -0.15) is 0 Å². The number of amides is 1. The van der Waals surface area contributed by atoms with Crippen molar-refractivity contribution < 1.29 is 35.9 Å². The molecule has 10 nitrogen and oxygen atoms in total. The van der Waals surface area contributed by atoms with Gasteiger partial charge in [-0.1, -0.05) is 0 Å². The van der Waals surface area contributed by atoms with Crippen molar-refractivity contribution in [3.63, 3.8) is 0 Å². The molecule has 31 heavy (non-hydrogen) atoms. The minimum absolute atomic E-state index is 0.0184. The number of sulfone groups is 1. The monoisotopic (exact) mass is 476 g/mol. The van der Waals surface area contributed by atoms with Crippen LogP contribution in [0.1, 0.15) is 30.6 Å². The van der Waals surface area contributed by atoms with Gasteiger partial charge in [-0.3, -0.25) is 4.79 Å². The molecule has 1 heterocycles. The molecule has 0 N–H and O–H groups in total. The minimum atomic E-state index is -3.89. The lowest BCUT2D eigenvalue weighted by Crippen LogP contribution is -2.46. The fourth-order valence-electron chi connectivity index (χ4n) is 3.33. The zero-order valence-electron chi connectivity index (χ0n) is 18.2. The molecule has 0 unspecified atom stereocenters. The molecule has 2 rings (SSSR count). The summed E-state index contributed by atoms with van der Waals surface area (Å²) in [5, 5.41) is 0. The van der Waals surface area contributed by atoms with Gasteiger partial charge in [-0.05, 0) is 38.5 Å². The molecule has 1 fully saturated rings. The average Bonchev–Trinajstić information content (AvgIpc) is 3.06. The van der Waals surface area contributed by atoms with Crippen molar-refractivity contribution in [3.05, 3.63) is 23.8 Å². The maximum atomic E-state index is 12.8. The van der Waals surface area contributed by atoms with Crippen LogP contribution in [0.2, 0.25) is 0 Å². The first-order valence-electron chi connectivity index (χ1n) is 9.66. The van der Waals surface area contributed by atoms with Gasteiger partial charge in [0.2, 0.25) is 10.0 Å². The molecule has 1 aromatic rings. The standard InChI is InChI=1S/C19H28N2O8S2/c1-6-21(15-9-10-30(24,25)12-15)18(22)13(2)29-19(23)14-7-8-16(28-5)17(11-14)31(26,27)20(3)4/h7-8,11,13,15H,6,9-10,12H2,1-5H3/t13-,15+/m1/s1. The Kier molecular flexibility index (Phi) is 7.71. The Morgan fingerprint density at radius 1 is 1.26 bits per heavy atom. The van der Waals surface area contributed by atoms with Crippen LogP contribution >= 0.6 is 0 Å². The predicted octanol–water partition coefficient (Wildman–Crippen LogP) is 0.526. The quantitative estimate of drug-likeness (QED) is 0.497. The highest BCUT2D eigenvalue weighted by atomic mass is 32.2. The average molecular weight is 477 g/mol. The van der Waals surface area contributed by atoms with Crippen LogP contribution in [-0.2, 0) is 29.4 Å².